The third-order valence-electron chi connectivity index (χ3n) is 2.51. The van der Waals surface area contributed by atoms with Crippen molar-refractivity contribution in [1.82, 2.24) is 4.98 Å². The van der Waals surface area contributed by atoms with Crippen molar-refractivity contribution in [2.24, 2.45) is 0 Å². The number of halogens is 5. The number of benzene rings is 1. The number of alkyl halides is 3. The SMILES string of the molecule is O=c1[nH]c(/C=C/c2cccc(OC(F)(F)F)c2)c(Cl)cc1Cl. The molecule has 1 N–H and O–H groups in total. The van der Waals surface area contributed by atoms with Gasteiger partial charge in [0.25, 0.3) is 5.56 Å². The second-order valence-electron chi connectivity index (χ2n) is 4.16. The molecule has 0 aliphatic rings. The second-order valence-corrected chi connectivity index (χ2v) is 4.98. The molecule has 0 unspecified atom stereocenters. The summed E-state index contributed by atoms with van der Waals surface area (Å²) in [7, 11) is 0. The fourth-order valence-corrected chi connectivity index (χ4v) is 2.04. The summed E-state index contributed by atoms with van der Waals surface area (Å²) in [5.74, 6) is -0.342. The van der Waals surface area contributed by atoms with Crippen molar-refractivity contribution in [3.63, 3.8) is 0 Å². The third-order valence-corrected chi connectivity index (χ3v) is 3.10. The number of pyridine rings is 1. The van der Waals surface area contributed by atoms with Gasteiger partial charge in [-0.15, -0.1) is 13.2 Å². The van der Waals surface area contributed by atoms with E-state index in [1.165, 1.54) is 36.4 Å². The molecule has 1 aromatic heterocycles. The molecular weight excluding hydrogens is 342 g/mol. The minimum atomic E-state index is -4.76. The van der Waals surface area contributed by atoms with E-state index in [4.69, 9.17) is 23.2 Å². The molecule has 22 heavy (non-hydrogen) atoms. The molecule has 3 nitrogen and oxygen atoms in total. The van der Waals surface area contributed by atoms with Crippen LogP contribution < -0.4 is 10.3 Å². The first-order valence-corrected chi connectivity index (χ1v) is 6.62. The van der Waals surface area contributed by atoms with E-state index in [1.807, 2.05) is 0 Å². The maximum atomic E-state index is 12.1. The molecule has 0 bridgehead atoms. The molecule has 0 fully saturated rings. The molecule has 2 aromatic rings. The molecule has 0 aliphatic carbocycles. The predicted molar refractivity (Wildman–Crippen MR) is 79.1 cm³/mol. The minimum absolute atomic E-state index is 0.0530. The van der Waals surface area contributed by atoms with Gasteiger partial charge in [-0.05, 0) is 29.8 Å². The zero-order valence-corrected chi connectivity index (χ0v) is 12.3. The van der Waals surface area contributed by atoms with E-state index in [0.29, 0.717) is 11.3 Å². The molecule has 0 amide bonds. The summed E-state index contributed by atoms with van der Waals surface area (Å²) in [5.41, 5.74) is 0.215. The van der Waals surface area contributed by atoms with Crippen LogP contribution in [-0.2, 0) is 0 Å². The highest BCUT2D eigenvalue weighted by Crippen LogP contribution is 2.24. The van der Waals surface area contributed by atoms with Crippen molar-refractivity contribution in [3.8, 4) is 5.75 Å². The topological polar surface area (TPSA) is 42.1 Å². The number of ether oxygens (including phenoxy) is 1. The van der Waals surface area contributed by atoms with Crippen molar-refractivity contribution in [2.45, 2.75) is 6.36 Å². The molecular formula is C14H8Cl2F3NO2. The van der Waals surface area contributed by atoms with Gasteiger partial charge in [0.1, 0.15) is 10.8 Å². The lowest BCUT2D eigenvalue weighted by atomic mass is 10.2. The maximum absolute atomic E-state index is 12.1. The van der Waals surface area contributed by atoms with Gasteiger partial charge in [-0.1, -0.05) is 41.4 Å². The minimum Gasteiger partial charge on any atom is -0.406 e. The largest absolute Gasteiger partial charge is 0.573 e. The Bertz CT molecular complexity index is 769. The van der Waals surface area contributed by atoms with Gasteiger partial charge >= 0.3 is 6.36 Å². The zero-order valence-electron chi connectivity index (χ0n) is 10.7. The van der Waals surface area contributed by atoms with Gasteiger partial charge in [0.15, 0.2) is 0 Å². The third kappa shape index (κ3) is 4.54. The van der Waals surface area contributed by atoms with Gasteiger partial charge in [0.2, 0.25) is 0 Å². The quantitative estimate of drug-likeness (QED) is 0.868. The molecule has 1 heterocycles. The standard InChI is InChI=1S/C14H8Cl2F3NO2/c15-10-7-11(16)13(21)20-12(10)5-4-8-2-1-3-9(6-8)22-14(17,18)19/h1-7H,(H,20,21)/b5-4+. The Morgan fingerprint density at radius 1 is 1.09 bits per heavy atom. The second kappa shape index (κ2) is 6.46. The molecule has 0 saturated heterocycles. The molecule has 0 aliphatic heterocycles. The summed E-state index contributed by atoms with van der Waals surface area (Å²) in [6, 6.07) is 6.65. The van der Waals surface area contributed by atoms with Crippen LogP contribution in [0.15, 0.2) is 35.1 Å². The van der Waals surface area contributed by atoms with Crippen LogP contribution in [0.3, 0.4) is 0 Å². The number of H-pyrrole nitrogens is 1. The molecule has 0 spiro atoms. The summed E-state index contributed by atoms with van der Waals surface area (Å²) in [6.07, 6.45) is -1.83. The van der Waals surface area contributed by atoms with Gasteiger partial charge in [0, 0.05) is 0 Å². The Hall–Kier alpha value is -1.92. The number of hydrogen-bond donors (Lipinski definition) is 1. The van der Waals surface area contributed by atoms with Crippen LogP contribution in [0.1, 0.15) is 11.3 Å². The molecule has 0 atom stereocenters. The molecule has 116 valence electrons. The molecule has 0 radical (unpaired) electrons. The smallest absolute Gasteiger partial charge is 0.406 e. The number of aromatic nitrogens is 1. The maximum Gasteiger partial charge on any atom is 0.573 e. The van der Waals surface area contributed by atoms with Crippen molar-refractivity contribution in [2.75, 3.05) is 0 Å². The van der Waals surface area contributed by atoms with Crippen LogP contribution in [0.4, 0.5) is 13.2 Å². The van der Waals surface area contributed by atoms with E-state index in [9.17, 15) is 18.0 Å². The van der Waals surface area contributed by atoms with Gasteiger partial charge in [-0.2, -0.15) is 0 Å². The lowest BCUT2D eigenvalue weighted by molar-refractivity contribution is -0.274. The normalized spacial score (nSPS) is 11.9. The highest BCUT2D eigenvalue weighted by Gasteiger charge is 2.30. The van der Waals surface area contributed by atoms with E-state index in [0.717, 1.165) is 0 Å². The first kappa shape index (κ1) is 16.5. The number of rotatable bonds is 3. The summed E-state index contributed by atoms with van der Waals surface area (Å²) >= 11 is 11.5. The molecule has 1 aromatic carbocycles. The predicted octanol–water partition coefficient (Wildman–Crippen LogP) is 4.75. The van der Waals surface area contributed by atoms with Crippen molar-refractivity contribution < 1.29 is 17.9 Å². The van der Waals surface area contributed by atoms with E-state index in [1.54, 1.807) is 6.07 Å². The zero-order chi connectivity index (χ0) is 16.3. The average molecular weight is 350 g/mol. The van der Waals surface area contributed by atoms with E-state index in [2.05, 4.69) is 9.72 Å². The highest BCUT2D eigenvalue weighted by atomic mass is 35.5. The molecule has 0 saturated carbocycles. The van der Waals surface area contributed by atoms with Gasteiger partial charge in [-0.25, -0.2) is 0 Å². The van der Waals surface area contributed by atoms with Crippen LogP contribution >= 0.6 is 23.2 Å². The van der Waals surface area contributed by atoms with Crippen LogP contribution in [0.5, 0.6) is 5.75 Å². The summed E-state index contributed by atoms with van der Waals surface area (Å²) in [4.78, 5) is 13.8. The molecule has 2 rings (SSSR count). The Kier molecular flexibility index (Phi) is 4.83. The Balaban J connectivity index is 2.26. The van der Waals surface area contributed by atoms with E-state index in [-0.39, 0.29) is 15.8 Å². The van der Waals surface area contributed by atoms with Crippen LogP contribution in [0.2, 0.25) is 10.0 Å². The molecule has 8 heteroatoms. The van der Waals surface area contributed by atoms with Crippen LogP contribution in [-0.4, -0.2) is 11.3 Å². The average Bonchev–Trinajstić information content (AvgIpc) is 2.40. The van der Waals surface area contributed by atoms with Crippen LogP contribution in [0.25, 0.3) is 12.2 Å². The van der Waals surface area contributed by atoms with E-state index >= 15 is 0 Å². The van der Waals surface area contributed by atoms with Crippen molar-refractivity contribution in [1.29, 1.82) is 0 Å². The van der Waals surface area contributed by atoms with Crippen molar-refractivity contribution in [3.05, 3.63) is 62.0 Å². The summed E-state index contributed by atoms with van der Waals surface area (Å²) in [6.45, 7) is 0. The Labute approximate surface area is 132 Å². The van der Waals surface area contributed by atoms with E-state index < -0.39 is 11.9 Å². The van der Waals surface area contributed by atoms with Crippen molar-refractivity contribution >= 4 is 35.4 Å². The Morgan fingerprint density at radius 3 is 2.50 bits per heavy atom. The van der Waals surface area contributed by atoms with Gasteiger partial charge < -0.3 is 9.72 Å². The summed E-state index contributed by atoms with van der Waals surface area (Å²) in [5, 5.41) is 0.159. The highest BCUT2D eigenvalue weighted by molar-refractivity contribution is 6.35. The fourth-order valence-electron chi connectivity index (χ4n) is 1.61. The monoisotopic (exact) mass is 349 g/mol. The first-order chi connectivity index (χ1) is 10.2. The lowest BCUT2D eigenvalue weighted by Crippen LogP contribution is -2.17. The number of nitrogens with one attached hydrogen (secondary N) is 1. The first-order valence-electron chi connectivity index (χ1n) is 5.87. The summed E-state index contributed by atoms with van der Waals surface area (Å²) < 4.78 is 40.3. The fraction of sp³-hybridized carbons (Fsp3) is 0.0714. The van der Waals surface area contributed by atoms with Gasteiger partial charge in [0.05, 0.1) is 10.7 Å². The lowest BCUT2D eigenvalue weighted by Gasteiger charge is -2.08. The number of aromatic amines is 1. The van der Waals surface area contributed by atoms with Crippen LogP contribution in [0, 0.1) is 0 Å². The van der Waals surface area contributed by atoms with Gasteiger partial charge in [-0.3, -0.25) is 4.79 Å². The Morgan fingerprint density at radius 2 is 1.82 bits per heavy atom. The number of hydrogen-bond acceptors (Lipinski definition) is 2.